The molecule has 0 amide bonds. The van der Waals surface area contributed by atoms with E-state index in [1.165, 1.54) is 12.1 Å². The van der Waals surface area contributed by atoms with E-state index in [0.29, 0.717) is 34.9 Å². The van der Waals surface area contributed by atoms with Gasteiger partial charge in [0.2, 0.25) is 0 Å². The Kier molecular flexibility index (Phi) is 5.95. The number of aliphatic hydroxyl groups excluding tert-OH is 1. The lowest BCUT2D eigenvalue weighted by molar-refractivity contribution is 0.146. The van der Waals surface area contributed by atoms with Crippen LogP contribution in [0.25, 0.3) is 10.9 Å². The molecule has 1 aliphatic heterocycles. The third-order valence-electron chi connectivity index (χ3n) is 5.51. The highest BCUT2D eigenvalue weighted by Gasteiger charge is 2.22. The molecule has 4 rings (SSSR count). The van der Waals surface area contributed by atoms with Crippen molar-refractivity contribution in [3.8, 4) is 0 Å². The molecule has 3 heterocycles. The zero-order valence-corrected chi connectivity index (χ0v) is 17.3. The topological polar surface area (TPSA) is 74.2 Å². The highest BCUT2D eigenvalue weighted by atomic mass is 19.3. The monoisotopic (exact) mass is 431 g/mol. The van der Waals surface area contributed by atoms with Gasteiger partial charge in [-0.2, -0.15) is 0 Å². The highest BCUT2D eigenvalue weighted by molar-refractivity contribution is 5.90. The number of piperidine rings is 1. The van der Waals surface area contributed by atoms with E-state index in [-0.39, 0.29) is 5.56 Å². The number of nitrogens with zero attached hydrogens (tertiary/aromatic N) is 4. The summed E-state index contributed by atoms with van der Waals surface area (Å²) >= 11 is 0. The second-order valence-corrected chi connectivity index (χ2v) is 7.84. The van der Waals surface area contributed by atoms with Crippen molar-refractivity contribution >= 4 is 22.5 Å². The summed E-state index contributed by atoms with van der Waals surface area (Å²) in [6, 6.07) is 5.23. The van der Waals surface area contributed by atoms with E-state index in [1.54, 1.807) is 20.0 Å². The van der Waals surface area contributed by atoms with Crippen LogP contribution < -0.4 is 10.2 Å². The van der Waals surface area contributed by atoms with Crippen LogP contribution in [0.1, 0.15) is 49.2 Å². The van der Waals surface area contributed by atoms with Gasteiger partial charge in [-0.15, -0.1) is 0 Å². The van der Waals surface area contributed by atoms with Gasteiger partial charge in [0, 0.05) is 24.0 Å². The predicted molar refractivity (Wildman–Crippen MR) is 113 cm³/mol. The molecule has 1 aliphatic rings. The Hall–Kier alpha value is -2.94. The number of aromatic nitrogens is 3. The van der Waals surface area contributed by atoms with E-state index in [0.717, 1.165) is 25.5 Å². The molecule has 2 N–H and O–H groups in total. The Balaban J connectivity index is 1.70. The average molecular weight is 431 g/mol. The molecule has 31 heavy (non-hydrogen) atoms. The van der Waals surface area contributed by atoms with E-state index in [1.807, 2.05) is 11.0 Å². The number of β-amino-alcohol motifs (C(OH)–C–C–N with tert-alkyl or cyclic N) is 1. The first kappa shape index (κ1) is 21.3. The number of hydrogen-bond donors (Lipinski definition) is 2. The summed E-state index contributed by atoms with van der Waals surface area (Å²) in [6.45, 7) is 4.71. The Morgan fingerprint density at radius 2 is 2.00 bits per heavy atom. The maximum Gasteiger partial charge on any atom is 0.266 e. The second kappa shape index (κ2) is 8.66. The molecule has 9 heteroatoms. The molecule has 2 atom stereocenters. The van der Waals surface area contributed by atoms with Crippen molar-refractivity contribution in [2.75, 3.05) is 23.3 Å². The van der Waals surface area contributed by atoms with Crippen LogP contribution in [0.15, 0.2) is 30.5 Å². The molecule has 6 nitrogen and oxygen atoms in total. The number of nitrogens with one attached hydrogen (secondary N) is 1. The van der Waals surface area contributed by atoms with Crippen molar-refractivity contribution in [1.29, 1.82) is 0 Å². The van der Waals surface area contributed by atoms with Gasteiger partial charge in [-0.05, 0) is 32.8 Å². The van der Waals surface area contributed by atoms with Crippen LogP contribution in [0.2, 0.25) is 0 Å². The minimum Gasteiger partial charge on any atom is -0.391 e. The van der Waals surface area contributed by atoms with Crippen molar-refractivity contribution in [3.05, 3.63) is 53.2 Å². The molecule has 2 aromatic heterocycles. The third-order valence-corrected chi connectivity index (χ3v) is 5.51. The first-order chi connectivity index (χ1) is 14.8. The number of aliphatic hydroxyl groups is 1. The number of halogens is 3. The minimum absolute atomic E-state index is 0.135. The summed E-state index contributed by atoms with van der Waals surface area (Å²) in [5, 5.41) is 13.8. The molecule has 0 aliphatic carbocycles. The number of rotatable bonds is 5. The van der Waals surface area contributed by atoms with E-state index >= 15 is 0 Å². The van der Waals surface area contributed by atoms with Crippen molar-refractivity contribution in [3.63, 3.8) is 0 Å². The number of benzene rings is 1. The normalized spacial score (nSPS) is 17.9. The minimum atomic E-state index is -2.89. The lowest BCUT2D eigenvalue weighted by Crippen LogP contribution is -2.38. The maximum atomic E-state index is 14.6. The van der Waals surface area contributed by atoms with Crippen LogP contribution in [-0.2, 0) is 0 Å². The smallest absolute Gasteiger partial charge is 0.266 e. The quantitative estimate of drug-likeness (QED) is 0.618. The van der Waals surface area contributed by atoms with Gasteiger partial charge in [0.05, 0.1) is 29.4 Å². The molecule has 1 aromatic carbocycles. The number of alkyl halides is 2. The Morgan fingerprint density at radius 3 is 2.74 bits per heavy atom. The lowest BCUT2D eigenvalue weighted by Gasteiger charge is -2.31. The average Bonchev–Trinajstić information content (AvgIpc) is 2.73. The first-order valence-electron chi connectivity index (χ1n) is 10.2. The Bertz CT molecular complexity index is 1090. The van der Waals surface area contributed by atoms with Crippen molar-refractivity contribution in [2.45, 2.75) is 45.3 Å². The highest BCUT2D eigenvalue weighted by Crippen LogP contribution is 2.31. The summed E-state index contributed by atoms with van der Waals surface area (Å²) in [4.78, 5) is 15.4. The molecule has 0 bridgehead atoms. The molecule has 3 aromatic rings. The predicted octanol–water partition coefficient (Wildman–Crippen LogP) is 4.54. The largest absolute Gasteiger partial charge is 0.391 e. The van der Waals surface area contributed by atoms with Gasteiger partial charge in [0.1, 0.15) is 23.3 Å². The van der Waals surface area contributed by atoms with Gasteiger partial charge in [-0.1, -0.05) is 18.2 Å². The van der Waals surface area contributed by atoms with Crippen LogP contribution >= 0.6 is 0 Å². The van der Waals surface area contributed by atoms with E-state index in [2.05, 4.69) is 20.3 Å². The summed E-state index contributed by atoms with van der Waals surface area (Å²) in [7, 11) is 0. The summed E-state index contributed by atoms with van der Waals surface area (Å²) < 4.78 is 40.8. The fraction of sp³-hybridized carbons (Fsp3) is 0.409. The number of fused-ring (bicyclic) bond motifs is 1. The zero-order valence-electron chi connectivity index (χ0n) is 17.3. The van der Waals surface area contributed by atoms with Gasteiger partial charge in [0.25, 0.3) is 6.43 Å². The van der Waals surface area contributed by atoms with Crippen LogP contribution in [-0.4, -0.2) is 39.3 Å². The SMILES string of the molecule is Cc1nc(NC(C)c2cccc(C(F)F)c2F)c2cc(N3CCC[C@H](O)C3)ncc2n1. The van der Waals surface area contributed by atoms with Gasteiger partial charge in [-0.3, -0.25) is 0 Å². The lowest BCUT2D eigenvalue weighted by atomic mass is 10.0. The van der Waals surface area contributed by atoms with Gasteiger partial charge < -0.3 is 15.3 Å². The van der Waals surface area contributed by atoms with Gasteiger partial charge in [0.15, 0.2) is 0 Å². The molecular weight excluding hydrogens is 407 g/mol. The molecule has 1 unspecified atom stereocenters. The standard InChI is InChI=1S/C22H24F3N5O/c1-12(15-6-3-7-16(20(15)23)21(24)25)27-22-17-9-19(30-8-4-5-14(31)11-30)26-10-18(17)28-13(2)29-22/h3,6-7,9-10,12,14,21,31H,4-5,8,11H2,1-2H3,(H,27,28,29)/t12?,14-/m0/s1. The molecule has 1 fully saturated rings. The maximum absolute atomic E-state index is 14.6. The van der Waals surface area contributed by atoms with Gasteiger partial charge >= 0.3 is 0 Å². The van der Waals surface area contributed by atoms with Crippen LogP contribution in [0.5, 0.6) is 0 Å². The van der Waals surface area contributed by atoms with Crippen molar-refractivity contribution < 1.29 is 18.3 Å². The van der Waals surface area contributed by atoms with Crippen LogP contribution in [0.4, 0.5) is 24.8 Å². The molecule has 1 saturated heterocycles. The van der Waals surface area contributed by atoms with E-state index in [9.17, 15) is 18.3 Å². The van der Waals surface area contributed by atoms with Gasteiger partial charge in [-0.25, -0.2) is 28.1 Å². The van der Waals surface area contributed by atoms with Crippen molar-refractivity contribution in [1.82, 2.24) is 15.0 Å². The number of hydrogen-bond acceptors (Lipinski definition) is 6. The fourth-order valence-corrected chi connectivity index (χ4v) is 3.94. The first-order valence-corrected chi connectivity index (χ1v) is 10.2. The Morgan fingerprint density at radius 1 is 1.23 bits per heavy atom. The third kappa shape index (κ3) is 4.41. The van der Waals surface area contributed by atoms with Crippen LogP contribution in [0.3, 0.4) is 0 Å². The van der Waals surface area contributed by atoms with Crippen LogP contribution in [0, 0.1) is 12.7 Å². The number of anilines is 2. The molecule has 0 spiro atoms. The molecule has 164 valence electrons. The van der Waals surface area contributed by atoms with Crippen molar-refractivity contribution in [2.24, 2.45) is 0 Å². The zero-order chi connectivity index (χ0) is 22.1. The second-order valence-electron chi connectivity index (χ2n) is 7.84. The van der Waals surface area contributed by atoms with E-state index < -0.39 is 30.0 Å². The number of aryl methyl sites for hydroxylation is 1. The molecule has 0 radical (unpaired) electrons. The summed E-state index contributed by atoms with van der Waals surface area (Å²) in [6.07, 6.45) is -0.00701. The number of pyridine rings is 1. The van der Waals surface area contributed by atoms with E-state index in [4.69, 9.17) is 0 Å². The summed E-state index contributed by atoms with van der Waals surface area (Å²) in [5.74, 6) is 0.752. The fourth-order valence-electron chi connectivity index (χ4n) is 3.94. The summed E-state index contributed by atoms with van der Waals surface area (Å²) in [5.41, 5.74) is 0.131. The Labute approximate surface area is 178 Å². The molecular formula is C22H24F3N5O. The molecule has 0 saturated carbocycles.